The number of methoxy groups -OCH3 is 1. The van der Waals surface area contributed by atoms with Gasteiger partial charge in [0.15, 0.2) is 0 Å². The van der Waals surface area contributed by atoms with Crippen molar-refractivity contribution in [3.63, 3.8) is 0 Å². The molecule has 2 aromatic rings. The van der Waals surface area contributed by atoms with Crippen molar-refractivity contribution in [2.75, 3.05) is 19.0 Å². The Balaban J connectivity index is 1.89. The number of rotatable bonds is 7. The quantitative estimate of drug-likeness (QED) is 0.812. The van der Waals surface area contributed by atoms with Gasteiger partial charge in [0, 0.05) is 12.2 Å². The Morgan fingerprint density at radius 3 is 2.46 bits per heavy atom. The van der Waals surface area contributed by atoms with Crippen LogP contribution in [0.2, 0.25) is 0 Å². The van der Waals surface area contributed by atoms with Gasteiger partial charge in [0.05, 0.1) is 13.7 Å². The molecule has 0 radical (unpaired) electrons. The fraction of sp³-hybridized carbons (Fsp3) is 0.350. The Kier molecular flexibility index (Phi) is 6.24. The van der Waals surface area contributed by atoms with E-state index in [-0.39, 0.29) is 12.5 Å². The predicted molar refractivity (Wildman–Crippen MR) is 98.6 cm³/mol. The van der Waals surface area contributed by atoms with E-state index in [1.54, 1.807) is 7.11 Å². The van der Waals surface area contributed by atoms with Crippen molar-refractivity contribution in [1.29, 1.82) is 0 Å². The first-order chi connectivity index (χ1) is 11.5. The van der Waals surface area contributed by atoms with Gasteiger partial charge in [-0.05, 0) is 41.7 Å². The monoisotopic (exact) mass is 326 g/mol. The summed E-state index contributed by atoms with van der Waals surface area (Å²) in [5.41, 5.74) is 4.50. The van der Waals surface area contributed by atoms with Crippen LogP contribution in [-0.4, -0.2) is 19.6 Å². The van der Waals surface area contributed by atoms with Crippen molar-refractivity contribution in [3.8, 4) is 5.75 Å². The van der Waals surface area contributed by atoms with Crippen LogP contribution in [0.5, 0.6) is 5.75 Å². The average Bonchev–Trinajstić information content (AvgIpc) is 2.59. The van der Waals surface area contributed by atoms with Crippen LogP contribution in [-0.2, 0) is 11.3 Å². The molecule has 0 saturated carbocycles. The molecule has 0 aliphatic carbocycles. The summed E-state index contributed by atoms with van der Waals surface area (Å²) in [4.78, 5) is 12.1. The van der Waals surface area contributed by atoms with Gasteiger partial charge in [0.25, 0.3) is 0 Å². The minimum Gasteiger partial charge on any atom is -0.497 e. The number of hydrogen-bond acceptors (Lipinski definition) is 3. The third-order valence-corrected chi connectivity index (χ3v) is 4.00. The van der Waals surface area contributed by atoms with E-state index in [9.17, 15) is 4.79 Å². The molecule has 0 unspecified atom stereocenters. The molecular formula is C20H26N2O2. The second-order valence-electron chi connectivity index (χ2n) is 6.17. The van der Waals surface area contributed by atoms with E-state index in [0.717, 1.165) is 22.6 Å². The molecule has 1 amide bonds. The number of carbonyl (C=O) groups excluding carboxylic acids is 1. The topological polar surface area (TPSA) is 50.4 Å². The molecule has 4 heteroatoms. The van der Waals surface area contributed by atoms with Crippen molar-refractivity contribution < 1.29 is 9.53 Å². The molecule has 2 rings (SSSR count). The second kappa shape index (κ2) is 8.39. The zero-order valence-corrected chi connectivity index (χ0v) is 14.8. The van der Waals surface area contributed by atoms with Crippen molar-refractivity contribution >= 4 is 11.6 Å². The summed E-state index contributed by atoms with van der Waals surface area (Å²) in [5.74, 6) is 1.20. The molecule has 128 valence electrons. The van der Waals surface area contributed by atoms with E-state index in [2.05, 4.69) is 49.6 Å². The Morgan fingerprint density at radius 1 is 1.12 bits per heavy atom. The lowest BCUT2D eigenvalue weighted by molar-refractivity contribution is -0.119. The summed E-state index contributed by atoms with van der Waals surface area (Å²) in [6.45, 7) is 7.15. The Morgan fingerprint density at radius 2 is 1.83 bits per heavy atom. The van der Waals surface area contributed by atoms with Gasteiger partial charge >= 0.3 is 0 Å². The highest BCUT2D eigenvalue weighted by Gasteiger charge is 2.10. The number of hydrogen-bond donors (Lipinski definition) is 2. The van der Waals surface area contributed by atoms with Gasteiger partial charge < -0.3 is 15.4 Å². The molecule has 0 aromatic heterocycles. The van der Waals surface area contributed by atoms with Gasteiger partial charge in [-0.1, -0.05) is 44.2 Å². The SMILES string of the molecule is COc1ccc(CNC(=O)CNc2c(C)cccc2C(C)C)cc1. The number of benzene rings is 2. The smallest absolute Gasteiger partial charge is 0.239 e. The summed E-state index contributed by atoms with van der Waals surface area (Å²) < 4.78 is 5.13. The molecule has 0 bridgehead atoms. The Hall–Kier alpha value is -2.49. The van der Waals surface area contributed by atoms with E-state index >= 15 is 0 Å². The fourth-order valence-electron chi connectivity index (χ4n) is 2.59. The molecule has 2 N–H and O–H groups in total. The summed E-state index contributed by atoms with van der Waals surface area (Å²) in [5, 5.41) is 6.22. The number of anilines is 1. The summed E-state index contributed by atoms with van der Waals surface area (Å²) in [6.07, 6.45) is 0. The minimum absolute atomic E-state index is 0.0243. The molecule has 0 aliphatic heterocycles. The normalized spacial score (nSPS) is 10.5. The van der Waals surface area contributed by atoms with Gasteiger partial charge in [-0.3, -0.25) is 4.79 Å². The van der Waals surface area contributed by atoms with Gasteiger partial charge in [0.2, 0.25) is 5.91 Å². The summed E-state index contributed by atoms with van der Waals surface area (Å²) in [6, 6.07) is 13.9. The number of nitrogens with one attached hydrogen (secondary N) is 2. The second-order valence-corrected chi connectivity index (χ2v) is 6.17. The van der Waals surface area contributed by atoms with Crippen molar-refractivity contribution in [3.05, 3.63) is 59.2 Å². The summed E-state index contributed by atoms with van der Waals surface area (Å²) >= 11 is 0. The lowest BCUT2D eigenvalue weighted by Crippen LogP contribution is -2.29. The van der Waals surface area contributed by atoms with Crippen LogP contribution < -0.4 is 15.4 Å². The Labute approximate surface area is 144 Å². The maximum Gasteiger partial charge on any atom is 0.239 e. The molecule has 4 nitrogen and oxygen atoms in total. The van der Waals surface area contributed by atoms with Crippen LogP contribution in [0.4, 0.5) is 5.69 Å². The van der Waals surface area contributed by atoms with Gasteiger partial charge in [-0.15, -0.1) is 0 Å². The molecule has 2 aromatic carbocycles. The largest absolute Gasteiger partial charge is 0.497 e. The van der Waals surface area contributed by atoms with E-state index in [0.29, 0.717) is 12.5 Å². The molecule has 0 aliphatic rings. The molecule has 0 spiro atoms. The molecule has 0 saturated heterocycles. The van der Waals surface area contributed by atoms with Crippen LogP contribution in [0.3, 0.4) is 0 Å². The molecule has 0 fully saturated rings. The summed E-state index contributed by atoms with van der Waals surface area (Å²) in [7, 11) is 1.64. The average molecular weight is 326 g/mol. The minimum atomic E-state index is -0.0243. The van der Waals surface area contributed by atoms with Crippen LogP contribution >= 0.6 is 0 Å². The van der Waals surface area contributed by atoms with Crippen LogP contribution in [0.1, 0.15) is 36.5 Å². The lowest BCUT2D eigenvalue weighted by Gasteiger charge is -2.17. The van der Waals surface area contributed by atoms with Gasteiger partial charge in [-0.2, -0.15) is 0 Å². The molecule has 0 heterocycles. The highest BCUT2D eigenvalue weighted by molar-refractivity contribution is 5.81. The number of amides is 1. The first-order valence-corrected chi connectivity index (χ1v) is 8.24. The maximum absolute atomic E-state index is 12.1. The van der Waals surface area contributed by atoms with Crippen molar-refractivity contribution in [2.24, 2.45) is 0 Å². The van der Waals surface area contributed by atoms with E-state index in [1.165, 1.54) is 5.56 Å². The molecular weight excluding hydrogens is 300 g/mol. The Bertz CT molecular complexity index is 679. The maximum atomic E-state index is 12.1. The van der Waals surface area contributed by atoms with Crippen LogP contribution in [0, 0.1) is 6.92 Å². The number of carbonyl (C=O) groups is 1. The standard InChI is InChI=1S/C20H26N2O2/c1-14(2)18-7-5-6-15(3)20(18)22-13-19(23)21-12-16-8-10-17(24-4)11-9-16/h5-11,14,22H,12-13H2,1-4H3,(H,21,23). The van der Waals surface area contributed by atoms with Gasteiger partial charge in [-0.25, -0.2) is 0 Å². The third-order valence-electron chi connectivity index (χ3n) is 4.00. The third kappa shape index (κ3) is 4.75. The predicted octanol–water partition coefficient (Wildman–Crippen LogP) is 3.86. The van der Waals surface area contributed by atoms with Crippen LogP contribution in [0.15, 0.2) is 42.5 Å². The van der Waals surface area contributed by atoms with E-state index in [4.69, 9.17) is 4.74 Å². The zero-order valence-electron chi connectivity index (χ0n) is 14.8. The number of ether oxygens (including phenoxy) is 1. The number of aryl methyl sites for hydroxylation is 1. The highest BCUT2D eigenvalue weighted by Crippen LogP contribution is 2.27. The molecule has 0 atom stereocenters. The molecule has 24 heavy (non-hydrogen) atoms. The van der Waals surface area contributed by atoms with E-state index in [1.807, 2.05) is 24.3 Å². The van der Waals surface area contributed by atoms with E-state index < -0.39 is 0 Å². The van der Waals surface area contributed by atoms with Crippen molar-refractivity contribution in [2.45, 2.75) is 33.2 Å². The fourth-order valence-corrected chi connectivity index (χ4v) is 2.59. The van der Waals surface area contributed by atoms with Crippen molar-refractivity contribution in [1.82, 2.24) is 5.32 Å². The lowest BCUT2D eigenvalue weighted by atomic mass is 9.98. The van der Waals surface area contributed by atoms with Gasteiger partial charge in [0.1, 0.15) is 5.75 Å². The first-order valence-electron chi connectivity index (χ1n) is 8.24. The van der Waals surface area contributed by atoms with Crippen LogP contribution in [0.25, 0.3) is 0 Å². The number of para-hydroxylation sites is 1. The highest BCUT2D eigenvalue weighted by atomic mass is 16.5. The first kappa shape index (κ1) is 17.9. The zero-order chi connectivity index (χ0) is 17.5.